The van der Waals surface area contributed by atoms with Crippen molar-refractivity contribution in [3.63, 3.8) is 0 Å². The number of nitrogens with zero attached hydrogens (tertiary/aromatic N) is 4. The molecule has 12 aromatic rings. The van der Waals surface area contributed by atoms with Crippen molar-refractivity contribution in [2.75, 3.05) is 0 Å². The van der Waals surface area contributed by atoms with Gasteiger partial charge in [-0.1, -0.05) is 152 Å². The standard InChI is InChI=1S/C60H38N4/c61-39-48-23-13-24-57(63-53-30-26-44(40-15-5-1-6-16-40)35-49(53)50-36-45(27-31-54(50)63)41-17-7-2-8-18-41)59(48)60-58(25-14-34-62-60)64-55-32-28-46(42-19-9-3-10-20-42)37-51(55)52-38-47(29-33-56(52)64)43-21-11-4-12-22-43/h1-38H. The van der Waals surface area contributed by atoms with Crippen LogP contribution in [0.15, 0.2) is 231 Å². The average Bonchev–Trinajstić information content (AvgIpc) is 3.88. The molecule has 3 heterocycles. The third-order valence-electron chi connectivity index (χ3n) is 12.6. The van der Waals surface area contributed by atoms with E-state index in [1.54, 1.807) is 0 Å². The van der Waals surface area contributed by atoms with Crippen molar-refractivity contribution in [1.82, 2.24) is 14.1 Å². The fourth-order valence-corrected chi connectivity index (χ4v) is 9.64. The van der Waals surface area contributed by atoms with Crippen LogP contribution in [0.3, 0.4) is 0 Å². The quantitative estimate of drug-likeness (QED) is 0.161. The highest BCUT2D eigenvalue weighted by molar-refractivity contribution is 6.14. The Bertz CT molecular complexity index is 3570. The second-order valence-corrected chi connectivity index (χ2v) is 16.2. The summed E-state index contributed by atoms with van der Waals surface area (Å²) in [6.45, 7) is 0. The molecule has 0 radical (unpaired) electrons. The summed E-state index contributed by atoms with van der Waals surface area (Å²) in [6.07, 6.45) is 1.84. The minimum Gasteiger partial charge on any atom is -0.309 e. The van der Waals surface area contributed by atoms with Crippen molar-refractivity contribution in [2.24, 2.45) is 0 Å². The van der Waals surface area contributed by atoms with E-state index in [1.807, 2.05) is 24.4 Å². The Labute approximate surface area is 370 Å². The molecule has 0 aliphatic carbocycles. The lowest BCUT2D eigenvalue weighted by Gasteiger charge is -2.19. The van der Waals surface area contributed by atoms with Crippen LogP contribution in [0.2, 0.25) is 0 Å². The molecule has 4 nitrogen and oxygen atoms in total. The van der Waals surface area contributed by atoms with Gasteiger partial charge in [0, 0.05) is 33.3 Å². The Morgan fingerprint density at radius 3 is 1.06 bits per heavy atom. The molecule has 298 valence electrons. The number of hydrogen-bond donors (Lipinski definition) is 0. The summed E-state index contributed by atoms with van der Waals surface area (Å²) < 4.78 is 4.66. The van der Waals surface area contributed by atoms with Gasteiger partial charge in [0.2, 0.25) is 0 Å². The van der Waals surface area contributed by atoms with Gasteiger partial charge in [-0.15, -0.1) is 0 Å². The van der Waals surface area contributed by atoms with Gasteiger partial charge in [0.05, 0.1) is 50.8 Å². The molecule has 64 heavy (non-hydrogen) atoms. The number of hydrogen-bond acceptors (Lipinski definition) is 2. The van der Waals surface area contributed by atoms with Crippen molar-refractivity contribution in [2.45, 2.75) is 0 Å². The molecule has 0 spiro atoms. The highest BCUT2D eigenvalue weighted by atomic mass is 15.0. The lowest BCUT2D eigenvalue weighted by molar-refractivity contribution is 1.13. The van der Waals surface area contributed by atoms with E-state index in [0.29, 0.717) is 5.56 Å². The molecule has 0 N–H and O–H groups in total. The van der Waals surface area contributed by atoms with Crippen LogP contribution in [-0.2, 0) is 0 Å². The molecule has 0 aliphatic heterocycles. The Morgan fingerprint density at radius 2 is 0.688 bits per heavy atom. The fourth-order valence-electron chi connectivity index (χ4n) is 9.64. The second kappa shape index (κ2) is 15.3. The maximum Gasteiger partial charge on any atom is 0.0999 e. The van der Waals surface area contributed by atoms with Crippen LogP contribution >= 0.6 is 0 Å². The molecule has 0 saturated heterocycles. The van der Waals surface area contributed by atoms with Crippen molar-refractivity contribution in [3.05, 3.63) is 236 Å². The summed E-state index contributed by atoms with van der Waals surface area (Å²) in [4.78, 5) is 5.21. The third-order valence-corrected chi connectivity index (χ3v) is 12.6. The van der Waals surface area contributed by atoms with E-state index in [2.05, 4.69) is 221 Å². The van der Waals surface area contributed by atoms with Gasteiger partial charge in [-0.05, 0) is 117 Å². The normalized spacial score (nSPS) is 11.4. The number of fused-ring (bicyclic) bond motifs is 6. The first-order valence-corrected chi connectivity index (χ1v) is 21.6. The summed E-state index contributed by atoms with van der Waals surface area (Å²) in [6, 6.07) is 81.9. The van der Waals surface area contributed by atoms with Gasteiger partial charge in [0.25, 0.3) is 0 Å². The predicted molar refractivity (Wildman–Crippen MR) is 265 cm³/mol. The first-order valence-electron chi connectivity index (χ1n) is 21.6. The largest absolute Gasteiger partial charge is 0.309 e. The summed E-state index contributed by atoms with van der Waals surface area (Å²) in [5.41, 5.74) is 17.3. The average molecular weight is 815 g/mol. The van der Waals surface area contributed by atoms with Gasteiger partial charge in [-0.2, -0.15) is 5.26 Å². The van der Waals surface area contributed by atoms with E-state index in [9.17, 15) is 5.26 Å². The molecule has 0 saturated carbocycles. The maximum absolute atomic E-state index is 11.0. The molecule has 3 aromatic heterocycles. The monoisotopic (exact) mass is 814 g/mol. The van der Waals surface area contributed by atoms with E-state index >= 15 is 0 Å². The van der Waals surface area contributed by atoms with Crippen LogP contribution in [-0.4, -0.2) is 14.1 Å². The van der Waals surface area contributed by atoms with Crippen molar-refractivity contribution in [3.8, 4) is 73.2 Å². The molecule has 4 heteroatoms. The molecule has 0 atom stereocenters. The summed E-state index contributed by atoms with van der Waals surface area (Å²) in [5.74, 6) is 0. The fraction of sp³-hybridized carbons (Fsp3) is 0. The lowest BCUT2D eigenvalue weighted by atomic mass is 10.00. The van der Waals surface area contributed by atoms with Crippen molar-refractivity contribution in [1.29, 1.82) is 5.26 Å². The van der Waals surface area contributed by atoms with Crippen molar-refractivity contribution < 1.29 is 0 Å². The zero-order valence-corrected chi connectivity index (χ0v) is 34.7. The number of aromatic nitrogens is 3. The van der Waals surface area contributed by atoms with Gasteiger partial charge >= 0.3 is 0 Å². The smallest absolute Gasteiger partial charge is 0.0999 e. The number of rotatable bonds is 7. The highest BCUT2D eigenvalue weighted by Gasteiger charge is 2.24. The Hall–Kier alpha value is -8.78. The van der Waals surface area contributed by atoms with Crippen LogP contribution in [0.1, 0.15) is 5.56 Å². The molecular formula is C60H38N4. The minimum atomic E-state index is 0.549. The van der Waals surface area contributed by atoms with Crippen molar-refractivity contribution >= 4 is 43.6 Å². The molecule has 12 rings (SSSR count). The predicted octanol–water partition coefficient (Wildman–Crippen LogP) is 15.5. The van der Waals surface area contributed by atoms with Gasteiger partial charge in [0.1, 0.15) is 0 Å². The van der Waals surface area contributed by atoms with Crippen LogP contribution in [0.25, 0.3) is 111 Å². The maximum atomic E-state index is 11.0. The molecule has 0 fully saturated rings. The second-order valence-electron chi connectivity index (χ2n) is 16.2. The van der Waals surface area contributed by atoms with Crippen LogP contribution in [0, 0.1) is 11.3 Å². The first-order chi connectivity index (χ1) is 31.7. The topological polar surface area (TPSA) is 46.5 Å². The molecular weight excluding hydrogens is 777 g/mol. The van der Waals surface area contributed by atoms with Crippen LogP contribution in [0.5, 0.6) is 0 Å². The summed E-state index contributed by atoms with van der Waals surface area (Å²) in [5, 5.41) is 15.6. The van der Waals surface area contributed by atoms with Crippen LogP contribution in [0.4, 0.5) is 0 Å². The van der Waals surface area contributed by atoms with E-state index in [1.165, 1.54) is 0 Å². The molecule has 0 bridgehead atoms. The lowest BCUT2D eigenvalue weighted by Crippen LogP contribution is -2.04. The SMILES string of the molecule is N#Cc1cccc(-n2c3ccc(-c4ccccc4)cc3c3cc(-c4ccccc4)ccc32)c1-c1ncccc1-n1c2ccc(-c3ccccc3)cc2c2cc(-c3ccccc3)ccc21. The van der Waals surface area contributed by atoms with E-state index in [4.69, 9.17) is 4.98 Å². The van der Waals surface area contributed by atoms with Gasteiger partial charge in [-0.3, -0.25) is 4.98 Å². The first kappa shape index (κ1) is 37.0. The Balaban J connectivity index is 1.13. The molecule has 0 amide bonds. The minimum absolute atomic E-state index is 0.549. The molecule has 0 aliphatic rings. The third kappa shape index (κ3) is 6.10. The Kier molecular flexibility index (Phi) is 8.84. The van der Waals surface area contributed by atoms with Gasteiger partial charge < -0.3 is 9.13 Å². The zero-order chi connectivity index (χ0) is 42.6. The number of benzene rings is 9. The summed E-state index contributed by atoms with van der Waals surface area (Å²) in [7, 11) is 0. The highest BCUT2D eigenvalue weighted by Crippen LogP contribution is 2.44. The number of pyridine rings is 1. The van der Waals surface area contributed by atoms with E-state index < -0.39 is 0 Å². The van der Waals surface area contributed by atoms with E-state index in [0.717, 1.165) is 111 Å². The van der Waals surface area contributed by atoms with Gasteiger partial charge in [0.15, 0.2) is 0 Å². The zero-order valence-electron chi connectivity index (χ0n) is 34.7. The Morgan fingerprint density at radius 1 is 0.328 bits per heavy atom. The van der Waals surface area contributed by atoms with Gasteiger partial charge in [-0.25, -0.2) is 0 Å². The summed E-state index contributed by atoms with van der Waals surface area (Å²) >= 11 is 0. The molecule has 9 aromatic carbocycles. The molecule has 0 unspecified atom stereocenters. The van der Waals surface area contributed by atoms with E-state index in [-0.39, 0.29) is 0 Å². The van der Waals surface area contributed by atoms with Crippen LogP contribution < -0.4 is 0 Å². The number of nitriles is 1.